The molecule has 4 saturated carbocycles. The zero-order valence-electron chi connectivity index (χ0n) is 13.3. The fraction of sp³-hybridized carbons (Fsp3) is 0.632. The van der Waals surface area contributed by atoms with Crippen molar-refractivity contribution in [1.82, 2.24) is 5.32 Å². The Morgan fingerprint density at radius 1 is 1.18 bits per heavy atom. The summed E-state index contributed by atoms with van der Waals surface area (Å²) in [6, 6.07) is 10.3. The molecule has 4 bridgehead atoms. The predicted octanol–water partition coefficient (Wildman–Crippen LogP) is 4.99. The molecule has 0 heterocycles. The first-order valence-corrected chi connectivity index (χ1v) is 9.52. The fourth-order valence-electron chi connectivity index (χ4n) is 5.84. The molecule has 2 unspecified atom stereocenters. The summed E-state index contributed by atoms with van der Waals surface area (Å²) in [5, 5.41) is 3.62. The van der Waals surface area contributed by atoms with Gasteiger partial charge in [0.1, 0.15) is 0 Å². The highest BCUT2D eigenvalue weighted by Gasteiger charge is 2.56. The van der Waals surface area contributed by atoms with Crippen molar-refractivity contribution in [1.29, 1.82) is 0 Å². The van der Waals surface area contributed by atoms with Crippen molar-refractivity contribution in [3.63, 3.8) is 0 Å². The Hall–Kier alpha value is -0.960. The maximum absolute atomic E-state index is 12.5. The van der Waals surface area contributed by atoms with Crippen LogP contribution in [-0.4, -0.2) is 10.8 Å². The van der Waals surface area contributed by atoms with E-state index in [4.69, 9.17) is 0 Å². The topological polar surface area (TPSA) is 29.1 Å². The molecule has 4 aliphatic carbocycles. The van der Waals surface area contributed by atoms with Crippen LogP contribution in [0.3, 0.4) is 0 Å². The summed E-state index contributed by atoms with van der Waals surface area (Å²) < 4.78 is 0. The first kappa shape index (κ1) is 14.6. The molecular formula is C19H25NOS. The van der Waals surface area contributed by atoms with Gasteiger partial charge >= 0.3 is 0 Å². The molecule has 4 aliphatic rings. The molecule has 0 spiro atoms. The summed E-state index contributed by atoms with van der Waals surface area (Å²) in [7, 11) is 0. The number of carbonyl (C=O) groups is 1. The molecule has 4 fully saturated rings. The standard InChI is InChI=1S/C19H25NOS/c1-18-8-15-7-16(9-18)11-19(10-15,13-18)20-17(21)22-12-14-5-3-2-4-6-14/h2-6,15-16H,7-13H2,1H3,(H,20,21). The minimum Gasteiger partial charge on any atom is -0.341 e. The summed E-state index contributed by atoms with van der Waals surface area (Å²) >= 11 is 1.43. The van der Waals surface area contributed by atoms with E-state index in [0.29, 0.717) is 5.41 Å². The zero-order chi connectivity index (χ0) is 15.2. The number of hydrogen-bond acceptors (Lipinski definition) is 2. The van der Waals surface area contributed by atoms with Crippen LogP contribution in [0.4, 0.5) is 4.79 Å². The Morgan fingerprint density at radius 3 is 2.50 bits per heavy atom. The van der Waals surface area contributed by atoms with Gasteiger partial charge in [0.15, 0.2) is 0 Å². The molecule has 1 aromatic rings. The van der Waals surface area contributed by atoms with E-state index in [-0.39, 0.29) is 10.8 Å². The molecule has 118 valence electrons. The Labute approximate surface area is 137 Å². The van der Waals surface area contributed by atoms with Gasteiger partial charge in [-0.05, 0) is 61.3 Å². The fourth-order valence-corrected chi connectivity index (χ4v) is 6.62. The van der Waals surface area contributed by atoms with E-state index in [1.165, 1.54) is 55.9 Å². The van der Waals surface area contributed by atoms with Crippen LogP contribution in [0.2, 0.25) is 0 Å². The van der Waals surface area contributed by atoms with Gasteiger partial charge in [0, 0.05) is 11.3 Å². The van der Waals surface area contributed by atoms with Crippen LogP contribution in [0.15, 0.2) is 30.3 Å². The maximum Gasteiger partial charge on any atom is 0.279 e. The molecular weight excluding hydrogens is 290 g/mol. The third-order valence-corrected chi connectivity index (χ3v) is 6.78. The van der Waals surface area contributed by atoms with Gasteiger partial charge in [0.25, 0.3) is 5.24 Å². The van der Waals surface area contributed by atoms with Gasteiger partial charge in [-0.2, -0.15) is 0 Å². The van der Waals surface area contributed by atoms with Crippen molar-refractivity contribution >= 4 is 17.0 Å². The Kier molecular flexibility index (Phi) is 3.52. The van der Waals surface area contributed by atoms with Crippen molar-refractivity contribution in [2.24, 2.45) is 17.3 Å². The summed E-state index contributed by atoms with van der Waals surface area (Å²) in [4.78, 5) is 12.5. The van der Waals surface area contributed by atoms with Crippen LogP contribution in [-0.2, 0) is 5.75 Å². The highest BCUT2D eigenvalue weighted by Crippen LogP contribution is 2.61. The normalized spacial score (nSPS) is 39.0. The Bertz CT molecular complexity index is 556. The molecule has 1 aromatic carbocycles. The number of amides is 1. The van der Waals surface area contributed by atoms with E-state index < -0.39 is 0 Å². The first-order valence-electron chi connectivity index (χ1n) is 8.53. The Balaban J connectivity index is 1.39. The monoisotopic (exact) mass is 315 g/mol. The lowest BCUT2D eigenvalue weighted by Crippen LogP contribution is -2.62. The second-order valence-corrected chi connectivity index (χ2v) is 9.19. The van der Waals surface area contributed by atoms with Crippen molar-refractivity contribution in [2.75, 3.05) is 0 Å². The number of rotatable bonds is 3. The van der Waals surface area contributed by atoms with Crippen molar-refractivity contribution in [2.45, 2.75) is 56.7 Å². The Morgan fingerprint density at radius 2 is 1.86 bits per heavy atom. The molecule has 3 heteroatoms. The van der Waals surface area contributed by atoms with E-state index in [1.807, 2.05) is 18.2 Å². The molecule has 2 nitrogen and oxygen atoms in total. The van der Waals surface area contributed by atoms with Crippen molar-refractivity contribution in [3.05, 3.63) is 35.9 Å². The van der Waals surface area contributed by atoms with E-state index in [1.54, 1.807) is 0 Å². The van der Waals surface area contributed by atoms with Gasteiger partial charge in [0.2, 0.25) is 0 Å². The number of hydrogen-bond donors (Lipinski definition) is 1. The second kappa shape index (κ2) is 5.30. The average Bonchev–Trinajstić information content (AvgIpc) is 2.43. The van der Waals surface area contributed by atoms with Gasteiger partial charge < -0.3 is 5.32 Å². The van der Waals surface area contributed by atoms with Gasteiger partial charge in [-0.1, -0.05) is 49.0 Å². The van der Waals surface area contributed by atoms with Crippen LogP contribution in [0.1, 0.15) is 51.0 Å². The quantitative estimate of drug-likeness (QED) is 0.851. The van der Waals surface area contributed by atoms with Crippen LogP contribution < -0.4 is 5.32 Å². The largest absolute Gasteiger partial charge is 0.341 e. The van der Waals surface area contributed by atoms with Gasteiger partial charge in [0.05, 0.1) is 0 Å². The van der Waals surface area contributed by atoms with E-state index in [2.05, 4.69) is 24.4 Å². The van der Waals surface area contributed by atoms with Crippen LogP contribution in [0, 0.1) is 17.3 Å². The number of carbonyl (C=O) groups excluding carboxylic acids is 1. The molecule has 0 radical (unpaired) electrons. The average molecular weight is 315 g/mol. The molecule has 0 saturated heterocycles. The van der Waals surface area contributed by atoms with E-state index in [9.17, 15) is 4.79 Å². The molecule has 0 aliphatic heterocycles. The summed E-state index contributed by atoms with van der Waals surface area (Å²) in [5.74, 6) is 2.48. The lowest BCUT2D eigenvalue weighted by molar-refractivity contribution is -0.0657. The molecule has 22 heavy (non-hydrogen) atoms. The number of thioether (sulfide) groups is 1. The van der Waals surface area contributed by atoms with Crippen molar-refractivity contribution in [3.8, 4) is 0 Å². The van der Waals surface area contributed by atoms with E-state index in [0.717, 1.165) is 17.6 Å². The summed E-state index contributed by atoms with van der Waals surface area (Å²) in [6.45, 7) is 2.45. The predicted molar refractivity (Wildman–Crippen MR) is 91.8 cm³/mol. The minimum atomic E-state index is 0.111. The third-order valence-electron chi connectivity index (χ3n) is 5.93. The lowest BCUT2D eigenvalue weighted by Gasteiger charge is -2.61. The molecule has 0 aromatic heterocycles. The summed E-state index contributed by atoms with van der Waals surface area (Å²) in [6.07, 6.45) is 7.82. The van der Waals surface area contributed by atoms with Crippen molar-refractivity contribution < 1.29 is 4.79 Å². The summed E-state index contributed by atoms with van der Waals surface area (Å²) in [5.41, 5.74) is 1.82. The number of benzene rings is 1. The smallest absolute Gasteiger partial charge is 0.279 e. The number of nitrogens with one attached hydrogen (secondary N) is 1. The minimum absolute atomic E-state index is 0.111. The molecule has 1 amide bonds. The second-order valence-electron chi connectivity index (χ2n) is 8.24. The third kappa shape index (κ3) is 2.80. The highest BCUT2D eigenvalue weighted by atomic mass is 32.2. The van der Waals surface area contributed by atoms with Crippen LogP contribution in [0.5, 0.6) is 0 Å². The molecule has 1 N–H and O–H groups in total. The molecule has 2 atom stereocenters. The van der Waals surface area contributed by atoms with Gasteiger partial charge in [-0.15, -0.1) is 0 Å². The van der Waals surface area contributed by atoms with E-state index >= 15 is 0 Å². The highest BCUT2D eigenvalue weighted by molar-refractivity contribution is 8.12. The van der Waals surface area contributed by atoms with Gasteiger partial charge in [-0.3, -0.25) is 4.79 Å². The maximum atomic E-state index is 12.5. The molecule has 5 rings (SSSR count). The SMILES string of the molecule is CC12CC3CC(C1)CC(NC(=O)SCc1ccccc1)(C3)C2. The zero-order valence-corrected chi connectivity index (χ0v) is 14.1. The van der Waals surface area contributed by atoms with Crippen LogP contribution in [0.25, 0.3) is 0 Å². The van der Waals surface area contributed by atoms with Crippen LogP contribution >= 0.6 is 11.8 Å². The van der Waals surface area contributed by atoms with Gasteiger partial charge in [-0.25, -0.2) is 0 Å². The lowest BCUT2D eigenvalue weighted by atomic mass is 9.47. The first-order chi connectivity index (χ1) is 10.5.